The summed E-state index contributed by atoms with van der Waals surface area (Å²) in [5.74, 6) is 0.733. The second kappa shape index (κ2) is 5.68. The Morgan fingerprint density at radius 3 is 2.71 bits per heavy atom. The average molecular weight is 321 g/mol. The molecule has 2 bridgehead atoms. The number of hydrogen-bond donors (Lipinski definition) is 1. The van der Waals surface area contributed by atoms with Gasteiger partial charge in [0.2, 0.25) is 0 Å². The molecular weight excluding hydrogens is 298 g/mol. The molecule has 0 aliphatic carbocycles. The summed E-state index contributed by atoms with van der Waals surface area (Å²) in [6.45, 7) is 10.6. The maximum Gasteiger partial charge on any atom is 0.121 e. The van der Waals surface area contributed by atoms with Crippen LogP contribution >= 0.6 is 0 Å². The third kappa shape index (κ3) is 2.50. The van der Waals surface area contributed by atoms with E-state index in [-0.39, 0.29) is 0 Å². The van der Waals surface area contributed by atoms with Crippen molar-refractivity contribution in [2.24, 2.45) is 5.41 Å². The Labute approximate surface area is 142 Å². The quantitative estimate of drug-likeness (QED) is 0.871. The van der Waals surface area contributed by atoms with Crippen LogP contribution in [-0.2, 0) is 4.74 Å². The molecule has 0 atom stereocenters. The van der Waals surface area contributed by atoms with Crippen LogP contribution in [0.15, 0.2) is 24.9 Å². The third-order valence-corrected chi connectivity index (χ3v) is 5.83. The molecule has 1 N–H and O–H groups in total. The summed E-state index contributed by atoms with van der Waals surface area (Å²) in [5.41, 5.74) is 4.07. The monoisotopic (exact) mass is 321 g/mol. The van der Waals surface area contributed by atoms with E-state index in [1.807, 2.05) is 25.3 Å². The summed E-state index contributed by atoms with van der Waals surface area (Å²) >= 11 is 0. The SMILES string of the molecule is C=C(OCC12CCN(CC1)CC2)c1c[nH]c2cc(C#N)cc(C)c12. The van der Waals surface area contributed by atoms with Crippen molar-refractivity contribution in [1.29, 1.82) is 5.26 Å². The number of rotatable bonds is 4. The lowest BCUT2D eigenvalue weighted by atomic mass is 9.73. The van der Waals surface area contributed by atoms with Crippen LogP contribution < -0.4 is 0 Å². The molecule has 0 spiro atoms. The lowest BCUT2D eigenvalue weighted by molar-refractivity contribution is -0.0148. The van der Waals surface area contributed by atoms with E-state index >= 15 is 0 Å². The lowest BCUT2D eigenvalue weighted by Crippen LogP contribution is -2.50. The Kier molecular flexibility index (Phi) is 3.62. The van der Waals surface area contributed by atoms with Crippen molar-refractivity contribution in [2.75, 3.05) is 26.2 Å². The number of benzene rings is 1. The predicted octanol–water partition coefficient (Wildman–Crippen LogP) is 3.82. The van der Waals surface area contributed by atoms with Crippen LogP contribution in [0.2, 0.25) is 0 Å². The molecule has 3 aliphatic rings. The predicted molar refractivity (Wildman–Crippen MR) is 95.5 cm³/mol. The highest BCUT2D eigenvalue weighted by Gasteiger charge is 2.40. The Bertz CT molecular complexity index is 821. The van der Waals surface area contributed by atoms with Gasteiger partial charge in [-0.05, 0) is 63.5 Å². The van der Waals surface area contributed by atoms with Crippen LogP contribution in [-0.4, -0.2) is 36.1 Å². The summed E-state index contributed by atoms with van der Waals surface area (Å²) < 4.78 is 6.17. The lowest BCUT2D eigenvalue weighted by Gasteiger charge is -2.48. The molecule has 2 aromatic rings. The first-order chi connectivity index (χ1) is 11.6. The number of aromatic amines is 1. The topological polar surface area (TPSA) is 52.0 Å². The van der Waals surface area contributed by atoms with Crippen molar-refractivity contribution in [2.45, 2.75) is 26.2 Å². The van der Waals surface area contributed by atoms with Crippen molar-refractivity contribution in [3.8, 4) is 6.07 Å². The van der Waals surface area contributed by atoms with Gasteiger partial charge in [-0.1, -0.05) is 6.58 Å². The van der Waals surface area contributed by atoms with E-state index in [0.717, 1.165) is 34.4 Å². The van der Waals surface area contributed by atoms with Crippen molar-refractivity contribution in [3.05, 3.63) is 41.6 Å². The molecule has 4 heterocycles. The molecule has 3 aliphatic heterocycles. The van der Waals surface area contributed by atoms with Crippen molar-refractivity contribution in [3.63, 3.8) is 0 Å². The number of ether oxygens (including phenoxy) is 1. The maximum atomic E-state index is 9.12. The fourth-order valence-corrected chi connectivity index (χ4v) is 4.20. The molecule has 3 saturated heterocycles. The van der Waals surface area contributed by atoms with Gasteiger partial charge in [0.15, 0.2) is 0 Å². The first-order valence-electron chi connectivity index (χ1n) is 8.66. The highest BCUT2D eigenvalue weighted by Crippen LogP contribution is 2.41. The standard InChI is InChI=1S/C20H23N3O/c1-14-9-16(11-21)10-18-19(14)17(12-22-18)15(2)24-13-20-3-6-23(7-4-20)8-5-20/h9-10,12,22H,2-8,13H2,1H3. The minimum Gasteiger partial charge on any atom is -0.493 e. The second-order valence-corrected chi connectivity index (χ2v) is 7.33. The fourth-order valence-electron chi connectivity index (χ4n) is 4.20. The Hall–Kier alpha value is -2.25. The largest absolute Gasteiger partial charge is 0.493 e. The van der Waals surface area contributed by atoms with Crippen LogP contribution in [0.5, 0.6) is 0 Å². The van der Waals surface area contributed by atoms with Gasteiger partial charge in [-0.25, -0.2) is 0 Å². The molecule has 1 aromatic heterocycles. The van der Waals surface area contributed by atoms with Crippen molar-refractivity contribution < 1.29 is 4.74 Å². The van der Waals surface area contributed by atoms with Crippen LogP contribution in [0.4, 0.5) is 0 Å². The first kappa shape index (κ1) is 15.3. The number of piperidine rings is 3. The van der Waals surface area contributed by atoms with E-state index in [0.29, 0.717) is 11.0 Å². The third-order valence-electron chi connectivity index (χ3n) is 5.83. The summed E-state index contributed by atoms with van der Waals surface area (Å²) in [4.78, 5) is 5.80. The molecule has 3 fully saturated rings. The molecule has 4 heteroatoms. The fraction of sp³-hybridized carbons (Fsp3) is 0.450. The zero-order valence-corrected chi connectivity index (χ0v) is 14.2. The summed E-state index contributed by atoms with van der Waals surface area (Å²) in [7, 11) is 0. The molecule has 0 saturated carbocycles. The summed E-state index contributed by atoms with van der Waals surface area (Å²) in [5, 5.41) is 10.2. The first-order valence-corrected chi connectivity index (χ1v) is 8.66. The van der Waals surface area contributed by atoms with Gasteiger partial charge in [0.25, 0.3) is 0 Å². The maximum absolute atomic E-state index is 9.12. The number of nitriles is 1. The van der Waals surface area contributed by atoms with E-state index in [2.05, 4.69) is 22.5 Å². The Balaban J connectivity index is 1.55. The van der Waals surface area contributed by atoms with Gasteiger partial charge in [0.1, 0.15) is 5.76 Å². The van der Waals surface area contributed by atoms with E-state index in [4.69, 9.17) is 10.00 Å². The average Bonchev–Trinajstić information content (AvgIpc) is 3.06. The Morgan fingerprint density at radius 1 is 1.33 bits per heavy atom. The number of fused-ring (bicyclic) bond motifs is 4. The molecule has 1 aromatic carbocycles. The number of aromatic nitrogens is 1. The summed E-state index contributed by atoms with van der Waals surface area (Å²) in [6, 6.07) is 6.01. The zero-order valence-electron chi connectivity index (χ0n) is 14.2. The van der Waals surface area contributed by atoms with E-state index in [9.17, 15) is 0 Å². The number of nitrogens with zero attached hydrogens (tertiary/aromatic N) is 2. The van der Waals surface area contributed by atoms with Gasteiger partial charge in [0, 0.05) is 28.1 Å². The zero-order chi connectivity index (χ0) is 16.7. The normalized spacial score (nSPS) is 25.6. The Morgan fingerprint density at radius 2 is 2.04 bits per heavy atom. The highest BCUT2D eigenvalue weighted by atomic mass is 16.5. The highest BCUT2D eigenvalue weighted by molar-refractivity contribution is 5.94. The van der Waals surface area contributed by atoms with Gasteiger partial charge >= 0.3 is 0 Å². The van der Waals surface area contributed by atoms with Crippen LogP contribution in [0.1, 0.15) is 36.0 Å². The smallest absolute Gasteiger partial charge is 0.121 e. The van der Waals surface area contributed by atoms with Crippen LogP contribution in [0.25, 0.3) is 16.7 Å². The molecule has 24 heavy (non-hydrogen) atoms. The van der Waals surface area contributed by atoms with Gasteiger partial charge in [-0.15, -0.1) is 0 Å². The molecule has 124 valence electrons. The van der Waals surface area contributed by atoms with Crippen LogP contribution in [0, 0.1) is 23.7 Å². The number of aryl methyl sites for hydroxylation is 1. The van der Waals surface area contributed by atoms with Gasteiger partial charge in [-0.3, -0.25) is 0 Å². The van der Waals surface area contributed by atoms with Crippen molar-refractivity contribution >= 4 is 16.7 Å². The molecular formula is C20H23N3O. The molecule has 5 rings (SSSR count). The molecule has 0 radical (unpaired) electrons. The minimum absolute atomic E-state index is 0.340. The van der Waals surface area contributed by atoms with Gasteiger partial charge in [0.05, 0.1) is 18.2 Å². The number of H-pyrrole nitrogens is 1. The minimum atomic E-state index is 0.340. The molecule has 4 nitrogen and oxygen atoms in total. The number of nitrogens with one attached hydrogen (secondary N) is 1. The number of hydrogen-bond acceptors (Lipinski definition) is 3. The van der Waals surface area contributed by atoms with Gasteiger partial charge < -0.3 is 14.6 Å². The molecule has 0 unspecified atom stereocenters. The van der Waals surface area contributed by atoms with Crippen LogP contribution in [0.3, 0.4) is 0 Å². The van der Waals surface area contributed by atoms with E-state index in [1.54, 1.807) is 0 Å². The summed E-state index contributed by atoms with van der Waals surface area (Å²) in [6.07, 6.45) is 5.65. The van der Waals surface area contributed by atoms with Gasteiger partial charge in [-0.2, -0.15) is 5.26 Å². The van der Waals surface area contributed by atoms with E-state index < -0.39 is 0 Å². The van der Waals surface area contributed by atoms with Crippen molar-refractivity contribution in [1.82, 2.24) is 9.88 Å². The second-order valence-electron chi connectivity index (χ2n) is 7.33. The van der Waals surface area contributed by atoms with E-state index in [1.165, 1.54) is 38.9 Å². The molecule has 0 amide bonds.